The van der Waals surface area contributed by atoms with Crippen LogP contribution in [0.25, 0.3) is 0 Å². The molecule has 0 unspecified atom stereocenters. The Morgan fingerprint density at radius 3 is 1.62 bits per heavy atom. The third kappa shape index (κ3) is 3.26. The Kier molecular flexibility index (Phi) is 4.84. The lowest BCUT2D eigenvalue weighted by Gasteiger charge is -2.28. The average Bonchev–Trinajstić information content (AvgIpc) is 2.57. The van der Waals surface area contributed by atoms with E-state index in [1.807, 2.05) is 0 Å². The minimum absolute atomic E-state index is 0.549. The SMILES string of the molecule is NCc1cc(C2CCCCC2)c(O)c(C2CCCCC2)c1. The van der Waals surface area contributed by atoms with Gasteiger partial charge in [-0.3, -0.25) is 0 Å². The largest absolute Gasteiger partial charge is 0.507 e. The molecule has 2 fully saturated rings. The summed E-state index contributed by atoms with van der Waals surface area (Å²) in [7, 11) is 0. The van der Waals surface area contributed by atoms with Gasteiger partial charge in [0.1, 0.15) is 5.75 Å². The van der Waals surface area contributed by atoms with Crippen LogP contribution >= 0.6 is 0 Å². The van der Waals surface area contributed by atoms with Crippen molar-refractivity contribution in [1.82, 2.24) is 0 Å². The molecule has 0 saturated heterocycles. The molecule has 2 heteroatoms. The molecule has 1 aromatic rings. The molecule has 2 nitrogen and oxygen atoms in total. The highest BCUT2D eigenvalue weighted by molar-refractivity contribution is 5.47. The fourth-order valence-electron chi connectivity index (χ4n) is 4.31. The monoisotopic (exact) mass is 287 g/mol. The predicted molar refractivity (Wildman–Crippen MR) is 87.7 cm³/mol. The Balaban J connectivity index is 1.94. The molecule has 0 radical (unpaired) electrons. The molecule has 0 amide bonds. The first-order valence-corrected chi connectivity index (χ1v) is 8.85. The molecule has 2 aliphatic carbocycles. The van der Waals surface area contributed by atoms with Crippen LogP contribution < -0.4 is 5.73 Å². The molecule has 21 heavy (non-hydrogen) atoms. The summed E-state index contributed by atoms with van der Waals surface area (Å²) in [5.41, 5.74) is 9.50. The lowest BCUT2D eigenvalue weighted by Crippen LogP contribution is -2.11. The normalized spacial score (nSPS) is 21.6. The van der Waals surface area contributed by atoms with Crippen molar-refractivity contribution in [2.24, 2.45) is 5.73 Å². The van der Waals surface area contributed by atoms with Gasteiger partial charge in [0.2, 0.25) is 0 Å². The Bertz CT molecular complexity index is 431. The number of nitrogens with two attached hydrogens (primary N) is 1. The number of phenols is 1. The predicted octanol–water partition coefficient (Wildman–Crippen LogP) is 4.95. The first-order valence-electron chi connectivity index (χ1n) is 8.85. The molecule has 0 spiro atoms. The van der Waals surface area contributed by atoms with E-state index in [1.54, 1.807) is 0 Å². The molecule has 2 aliphatic rings. The van der Waals surface area contributed by atoms with E-state index in [0.717, 1.165) is 0 Å². The maximum Gasteiger partial charge on any atom is 0.122 e. The number of hydrogen-bond acceptors (Lipinski definition) is 2. The van der Waals surface area contributed by atoms with Crippen molar-refractivity contribution in [2.45, 2.75) is 82.6 Å². The number of benzene rings is 1. The number of rotatable bonds is 3. The number of hydrogen-bond donors (Lipinski definition) is 2. The van der Waals surface area contributed by atoms with Crippen molar-refractivity contribution in [3.05, 3.63) is 28.8 Å². The second-order valence-electron chi connectivity index (χ2n) is 7.00. The smallest absolute Gasteiger partial charge is 0.122 e. The standard InChI is InChI=1S/C19H29NO/c20-13-14-11-17(15-7-3-1-4-8-15)19(21)18(12-14)16-9-5-2-6-10-16/h11-12,15-16,21H,1-10,13,20H2. The molecule has 1 aromatic carbocycles. The third-order valence-corrected chi connectivity index (χ3v) is 5.55. The summed E-state index contributed by atoms with van der Waals surface area (Å²) in [5, 5.41) is 10.9. The second-order valence-corrected chi connectivity index (χ2v) is 7.00. The van der Waals surface area contributed by atoms with E-state index in [4.69, 9.17) is 5.73 Å². The molecule has 3 N–H and O–H groups in total. The van der Waals surface area contributed by atoms with E-state index >= 15 is 0 Å². The van der Waals surface area contributed by atoms with Crippen molar-refractivity contribution in [2.75, 3.05) is 0 Å². The molecule has 0 aliphatic heterocycles. The summed E-state index contributed by atoms with van der Waals surface area (Å²) in [5.74, 6) is 1.70. The summed E-state index contributed by atoms with van der Waals surface area (Å²) in [6, 6.07) is 4.36. The van der Waals surface area contributed by atoms with E-state index < -0.39 is 0 Å². The Labute approximate surface area is 128 Å². The van der Waals surface area contributed by atoms with Crippen LogP contribution in [0.15, 0.2) is 12.1 Å². The molecule has 0 atom stereocenters. The van der Waals surface area contributed by atoms with Crippen LogP contribution in [0.2, 0.25) is 0 Å². The Hall–Kier alpha value is -1.02. The van der Waals surface area contributed by atoms with E-state index in [-0.39, 0.29) is 0 Å². The number of aromatic hydroxyl groups is 1. The minimum Gasteiger partial charge on any atom is -0.507 e. The van der Waals surface area contributed by atoms with Gasteiger partial charge >= 0.3 is 0 Å². The van der Waals surface area contributed by atoms with Gasteiger partial charge < -0.3 is 10.8 Å². The Morgan fingerprint density at radius 1 is 0.810 bits per heavy atom. The van der Waals surface area contributed by atoms with Crippen LogP contribution in [0.3, 0.4) is 0 Å². The van der Waals surface area contributed by atoms with Crippen LogP contribution in [0, 0.1) is 0 Å². The molecule has 2 saturated carbocycles. The zero-order valence-corrected chi connectivity index (χ0v) is 13.1. The van der Waals surface area contributed by atoms with Gasteiger partial charge in [-0.1, -0.05) is 50.7 Å². The molecule has 3 rings (SSSR count). The second kappa shape index (κ2) is 6.83. The van der Waals surface area contributed by atoms with E-state index in [2.05, 4.69) is 12.1 Å². The van der Waals surface area contributed by atoms with Crippen molar-refractivity contribution < 1.29 is 5.11 Å². The van der Waals surface area contributed by atoms with Crippen LogP contribution in [0.5, 0.6) is 5.75 Å². The van der Waals surface area contributed by atoms with Crippen LogP contribution in [-0.2, 0) is 6.54 Å². The van der Waals surface area contributed by atoms with E-state index in [9.17, 15) is 5.11 Å². The third-order valence-electron chi connectivity index (χ3n) is 5.55. The highest BCUT2D eigenvalue weighted by atomic mass is 16.3. The molecule has 0 heterocycles. The van der Waals surface area contributed by atoms with Gasteiger partial charge in [0.05, 0.1) is 0 Å². The van der Waals surface area contributed by atoms with Crippen molar-refractivity contribution in [1.29, 1.82) is 0 Å². The lowest BCUT2D eigenvalue weighted by atomic mass is 9.78. The van der Waals surface area contributed by atoms with Gasteiger partial charge in [0, 0.05) is 6.54 Å². The van der Waals surface area contributed by atoms with Gasteiger partial charge in [-0.2, -0.15) is 0 Å². The molecule has 0 bridgehead atoms. The van der Waals surface area contributed by atoms with Crippen molar-refractivity contribution in [3.63, 3.8) is 0 Å². The highest BCUT2D eigenvalue weighted by Crippen LogP contribution is 2.44. The molecular formula is C19H29NO. The maximum absolute atomic E-state index is 10.9. The van der Waals surface area contributed by atoms with E-state index in [0.29, 0.717) is 24.1 Å². The quantitative estimate of drug-likeness (QED) is 0.826. The first-order chi connectivity index (χ1) is 10.3. The Morgan fingerprint density at radius 2 is 1.24 bits per heavy atom. The summed E-state index contributed by atoms with van der Waals surface area (Å²) in [6.45, 7) is 0.583. The van der Waals surface area contributed by atoms with Crippen LogP contribution in [-0.4, -0.2) is 5.11 Å². The maximum atomic E-state index is 10.9. The summed E-state index contributed by atoms with van der Waals surface area (Å²) in [6.07, 6.45) is 12.8. The zero-order chi connectivity index (χ0) is 14.7. The lowest BCUT2D eigenvalue weighted by molar-refractivity contribution is 0.392. The molecule has 0 aromatic heterocycles. The summed E-state index contributed by atoms with van der Waals surface area (Å²) in [4.78, 5) is 0. The van der Waals surface area contributed by atoms with E-state index in [1.165, 1.54) is 80.9 Å². The van der Waals surface area contributed by atoms with Crippen molar-refractivity contribution >= 4 is 0 Å². The first kappa shape index (κ1) is 14.9. The fourth-order valence-corrected chi connectivity index (χ4v) is 4.31. The van der Waals surface area contributed by atoms with Crippen LogP contribution in [0.1, 0.15) is 92.7 Å². The van der Waals surface area contributed by atoms with Gasteiger partial charge in [-0.05, 0) is 54.2 Å². The summed E-state index contributed by atoms with van der Waals surface area (Å²) >= 11 is 0. The highest BCUT2D eigenvalue weighted by Gasteiger charge is 2.25. The van der Waals surface area contributed by atoms with Gasteiger partial charge in [0.25, 0.3) is 0 Å². The topological polar surface area (TPSA) is 46.2 Å². The zero-order valence-electron chi connectivity index (χ0n) is 13.1. The van der Waals surface area contributed by atoms with Gasteiger partial charge in [0.15, 0.2) is 0 Å². The number of phenolic OH excluding ortho intramolecular Hbond substituents is 1. The average molecular weight is 287 g/mol. The van der Waals surface area contributed by atoms with Gasteiger partial charge in [-0.15, -0.1) is 0 Å². The van der Waals surface area contributed by atoms with Crippen LogP contribution in [0.4, 0.5) is 0 Å². The molecular weight excluding hydrogens is 258 g/mol. The fraction of sp³-hybridized carbons (Fsp3) is 0.684. The van der Waals surface area contributed by atoms with Crippen molar-refractivity contribution in [3.8, 4) is 5.75 Å². The summed E-state index contributed by atoms with van der Waals surface area (Å²) < 4.78 is 0. The van der Waals surface area contributed by atoms with Gasteiger partial charge in [-0.25, -0.2) is 0 Å². The minimum atomic E-state index is 0.549. The molecule has 116 valence electrons.